The molecule has 0 unspecified atom stereocenters. The molecular weight excluding hydrogens is 313 g/mol. The Balaban J connectivity index is -0.000000261. The van der Waals surface area contributed by atoms with Crippen molar-refractivity contribution in [3.05, 3.63) is 42.8 Å². The third-order valence-corrected chi connectivity index (χ3v) is 7.98. The number of hydrogen-bond acceptors (Lipinski definition) is 3. The van der Waals surface area contributed by atoms with Crippen LogP contribution in [-0.4, -0.2) is 29.6 Å². The smallest absolute Gasteiger partial charge is 0.468 e. The van der Waals surface area contributed by atoms with Crippen LogP contribution in [-0.2, 0) is 9.53 Å². The van der Waals surface area contributed by atoms with Crippen LogP contribution >= 0.6 is 0 Å². The monoisotopic (exact) mass is 347 g/mol. The summed E-state index contributed by atoms with van der Waals surface area (Å²) >= 11 is 0. The van der Waals surface area contributed by atoms with Crippen LogP contribution in [0.4, 0.5) is 0 Å². The topological polar surface area (TPSA) is 38.3 Å². The molecule has 23 heavy (non-hydrogen) atoms. The second-order valence-electron chi connectivity index (χ2n) is 7.08. The molecule has 0 amide bonds. The second kappa shape index (κ2) is 15.1. The number of nitrogens with one attached hydrogen (secondary N) is 1. The molecule has 1 rings (SSSR count). The average molecular weight is 348 g/mol. The summed E-state index contributed by atoms with van der Waals surface area (Å²) in [6.45, 7) is 20.8. The molecule has 128 valence electrons. The van der Waals surface area contributed by atoms with E-state index in [4.69, 9.17) is 0 Å². The first kappa shape index (κ1) is 27.4. The number of benzene rings is 1. The Kier molecular flexibility index (Phi) is 18.0. The zero-order valence-corrected chi connectivity index (χ0v) is 18.4. The fraction of sp³-hybridized carbons (Fsp3) is 0.529. The Labute approximate surface area is 158 Å². The molecule has 0 radical (unpaired) electrons. The molecule has 0 saturated carbocycles. The minimum absolute atomic E-state index is 0. The minimum Gasteiger partial charge on any atom is -0.468 e. The third kappa shape index (κ3) is 30.1. The second-order valence-corrected chi connectivity index (χ2v) is 17.1. The number of ether oxygens (including phenoxy) is 1. The van der Waals surface area contributed by atoms with E-state index in [0.29, 0.717) is 13.1 Å². The van der Waals surface area contributed by atoms with Crippen molar-refractivity contribution >= 4 is 22.9 Å². The Hall–Kier alpha value is -0.449. The van der Waals surface area contributed by atoms with E-state index in [-0.39, 0.29) is 18.9 Å². The molecule has 0 bridgehead atoms. The van der Waals surface area contributed by atoms with Crippen molar-refractivity contribution in [3.8, 4) is 0 Å². The fourth-order valence-electron chi connectivity index (χ4n) is 1.77. The van der Waals surface area contributed by atoms with E-state index in [1.807, 2.05) is 37.3 Å². The van der Waals surface area contributed by atoms with Gasteiger partial charge in [-0.15, -0.1) is 12.1 Å². The van der Waals surface area contributed by atoms with Gasteiger partial charge >= 0.3 is 18.9 Å². The number of carbonyl (C=O) groups excluding carboxylic acids is 1. The Morgan fingerprint density at radius 3 is 1.61 bits per heavy atom. The van der Waals surface area contributed by atoms with Crippen molar-refractivity contribution in [1.29, 1.82) is 0 Å². The molecule has 0 heterocycles. The summed E-state index contributed by atoms with van der Waals surface area (Å²) in [6, 6.07) is 9.87. The zero-order chi connectivity index (χ0) is 17.6. The maximum absolute atomic E-state index is 9.34. The molecule has 0 aromatic heterocycles. The van der Waals surface area contributed by atoms with E-state index in [1.54, 1.807) is 0 Å². The van der Waals surface area contributed by atoms with Gasteiger partial charge in [-0.05, 0) is 6.42 Å². The molecule has 0 saturated heterocycles. The maximum atomic E-state index is 9.34. The number of carbonyl (C=O) groups is 1. The zero-order valence-electron chi connectivity index (χ0n) is 16.4. The quantitative estimate of drug-likeness (QED) is 0.381. The van der Waals surface area contributed by atoms with Gasteiger partial charge < -0.3 is 9.38 Å². The van der Waals surface area contributed by atoms with Gasteiger partial charge in [0.05, 0.1) is 6.61 Å². The number of rotatable bonds is 5. The van der Waals surface area contributed by atoms with E-state index >= 15 is 0 Å². The predicted molar refractivity (Wildman–Crippen MR) is 103 cm³/mol. The van der Waals surface area contributed by atoms with Gasteiger partial charge in [-0.25, -0.2) is 0 Å². The van der Waals surface area contributed by atoms with E-state index in [0.717, 1.165) is 12.0 Å². The molecule has 6 heteroatoms. The van der Waals surface area contributed by atoms with Gasteiger partial charge in [-0.2, -0.15) is 24.6 Å². The molecule has 0 fully saturated rings. The van der Waals surface area contributed by atoms with Gasteiger partial charge in [-0.3, -0.25) is 4.79 Å². The van der Waals surface area contributed by atoms with Gasteiger partial charge in [0.2, 0.25) is 0 Å². The van der Waals surface area contributed by atoms with Gasteiger partial charge in [0.1, 0.15) is 16.5 Å². The predicted octanol–water partition coefficient (Wildman–Crippen LogP) is 1.69. The SMILES string of the molecule is CCCOC=O.C[Si](C)(C)N[Si](C)(C)C.[CH2-]c1ccccc1.[Li+]. The first-order valence-corrected chi connectivity index (χ1v) is 14.7. The number of hydrogen-bond donors (Lipinski definition) is 1. The summed E-state index contributed by atoms with van der Waals surface area (Å²) < 4.78 is 8.04. The van der Waals surface area contributed by atoms with E-state index < -0.39 is 16.5 Å². The van der Waals surface area contributed by atoms with Crippen molar-refractivity contribution in [2.45, 2.75) is 52.6 Å². The fourth-order valence-corrected chi connectivity index (χ4v) is 10.8. The van der Waals surface area contributed by atoms with E-state index in [1.165, 1.54) is 0 Å². The van der Waals surface area contributed by atoms with Crippen LogP contribution in [0.5, 0.6) is 0 Å². The van der Waals surface area contributed by atoms with Gasteiger partial charge in [0.15, 0.2) is 0 Å². The average Bonchev–Trinajstić information content (AvgIpc) is 2.34. The molecule has 1 N–H and O–H groups in total. The summed E-state index contributed by atoms with van der Waals surface area (Å²) in [5.41, 5.74) is 1.07. The summed E-state index contributed by atoms with van der Waals surface area (Å²) in [5.74, 6) is 0. The Morgan fingerprint density at radius 1 is 1.04 bits per heavy atom. The molecule has 0 aliphatic carbocycles. The van der Waals surface area contributed by atoms with Crippen LogP contribution in [0.15, 0.2) is 30.3 Å². The van der Waals surface area contributed by atoms with Gasteiger partial charge in [0.25, 0.3) is 6.47 Å². The van der Waals surface area contributed by atoms with Gasteiger partial charge in [-0.1, -0.05) is 52.3 Å². The molecule has 1 aromatic rings. The largest absolute Gasteiger partial charge is 1.00 e. The van der Waals surface area contributed by atoms with E-state index in [2.05, 4.69) is 55.6 Å². The summed E-state index contributed by atoms with van der Waals surface area (Å²) in [5, 5.41) is 0. The standard InChI is InChI=1S/C7H7.C6H19NSi2.C4H8O2.Li/c1-7-5-3-2-4-6-7;1-8(2,3)7-9(4,5)6;1-2-3-6-4-5;/h2-6H,1H2;7H,1-6H3;4H,2-3H2,1H3;/q-1;;;+1. The summed E-state index contributed by atoms with van der Waals surface area (Å²) in [4.78, 5) is 9.34. The molecule has 3 nitrogen and oxygen atoms in total. The first-order valence-electron chi connectivity index (χ1n) is 7.73. The van der Waals surface area contributed by atoms with E-state index in [9.17, 15) is 4.79 Å². The van der Waals surface area contributed by atoms with Crippen molar-refractivity contribution < 1.29 is 28.4 Å². The van der Waals surface area contributed by atoms with Crippen molar-refractivity contribution in [1.82, 2.24) is 4.65 Å². The van der Waals surface area contributed by atoms with Crippen LogP contribution in [0.25, 0.3) is 0 Å². The van der Waals surface area contributed by atoms with Crippen LogP contribution in [0.2, 0.25) is 39.3 Å². The molecular formula is C17H34LiNO2Si2. The third-order valence-electron chi connectivity index (χ3n) is 1.98. The molecule has 0 aliphatic heterocycles. The van der Waals surface area contributed by atoms with Crippen LogP contribution in [0.3, 0.4) is 0 Å². The summed E-state index contributed by atoms with van der Waals surface area (Å²) in [6.07, 6.45) is 0.902. The molecule has 0 atom stereocenters. The van der Waals surface area contributed by atoms with Gasteiger partial charge in [0, 0.05) is 0 Å². The molecule has 0 aliphatic rings. The first-order chi connectivity index (χ1) is 10.0. The van der Waals surface area contributed by atoms with Crippen LogP contribution in [0, 0.1) is 6.92 Å². The Morgan fingerprint density at radius 2 is 1.48 bits per heavy atom. The summed E-state index contributed by atoms with van der Waals surface area (Å²) in [7, 11) is -1.96. The molecule has 0 spiro atoms. The minimum atomic E-state index is -0.981. The van der Waals surface area contributed by atoms with Crippen molar-refractivity contribution in [3.63, 3.8) is 0 Å². The molecule has 1 aromatic carbocycles. The normalized spacial score (nSPS) is 10.0. The van der Waals surface area contributed by atoms with Crippen molar-refractivity contribution in [2.75, 3.05) is 6.61 Å². The van der Waals surface area contributed by atoms with Crippen LogP contribution in [0.1, 0.15) is 18.9 Å². The Bertz CT molecular complexity index is 364. The van der Waals surface area contributed by atoms with Crippen LogP contribution < -0.4 is 23.5 Å². The maximum Gasteiger partial charge on any atom is 1.00 e. The van der Waals surface area contributed by atoms with Crippen molar-refractivity contribution in [2.24, 2.45) is 0 Å².